The van der Waals surface area contributed by atoms with E-state index in [0.717, 1.165) is 0 Å². The molecule has 108 valence electrons. The van der Waals surface area contributed by atoms with Crippen molar-refractivity contribution in [2.24, 2.45) is 0 Å². The molecule has 0 radical (unpaired) electrons. The number of anilines is 2. The van der Waals surface area contributed by atoms with Gasteiger partial charge in [-0.2, -0.15) is 0 Å². The van der Waals surface area contributed by atoms with E-state index in [1.165, 1.54) is 19.2 Å². The first kappa shape index (κ1) is 14.8. The number of benzene rings is 2. The van der Waals surface area contributed by atoms with Crippen molar-refractivity contribution >= 4 is 27.2 Å². The van der Waals surface area contributed by atoms with Gasteiger partial charge in [-0.1, -0.05) is 18.2 Å². The molecule has 1 N–H and O–H groups in total. The highest BCUT2D eigenvalue weighted by Crippen LogP contribution is 2.40. The SMILES string of the molecule is COc1c([N+]#N)ccc(Nc2ccccc2)c1S(=O)(=O)[O-]. The summed E-state index contributed by atoms with van der Waals surface area (Å²) in [6.07, 6.45) is 0. The second-order valence-corrected chi connectivity index (χ2v) is 5.36. The molecule has 2 rings (SSSR count). The highest BCUT2D eigenvalue weighted by Gasteiger charge is 2.26. The average Bonchev–Trinajstić information content (AvgIpc) is 2.46. The zero-order chi connectivity index (χ0) is 15.5. The second kappa shape index (κ2) is 5.78. The van der Waals surface area contributed by atoms with E-state index in [-0.39, 0.29) is 17.1 Å². The Labute approximate surface area is 121 Å². The zero-order valence-electron chi connectivity index (χ0n) is 11.0. The molecule has 7 nitrogen and oxygen atoms in total. The Balaban J connectivity index is 2.64. The minimum Gasteiger partial charge on any atom is -0.744 e. The lowest BCUT2D eigenvalue weighted by Gasteiger charge is -2.16. The third-order valence-electron chi connectivity index (χ3n) is 2.71. The van der Waals surface area contributed by atoms with Crippen molar-refractivity contribution < 1.29 is 17.7 Å². The summed E-state index contributed by atoms with van der Waals surface area (Å²) in [5.41, 5.74) is 0.490. The smallest absolute Gasteiger partial charge is 0.427 e. The first-order valence-corrected chi connectivity index (χ1v) is 7.22. The van der Waals surface area contributed by atoms with Gasteiger partial charge < -0.3 is 14.6 Å². The second-order valence-electron chi connectivity index (χ2n) is 4.04. The van der Waals surface area contributed by atoms with Crippen molar-refractivity contribution in [3.63, 3.8) is 0 Å². The lowest BCUT2D eigenvalue weighted by atomic mass is 10.2. The molecule has 0 aromatic heterocycles. The van der Waals surface area contributed by atoms with Gasteiger partial charge in [0.1, 0.15) is 15.0 Å². The van der Waals surface area contributed by atoms with E-state index in [0.29, 0.717) is 5.69 Å². The Hall–Kier alpha value is -2.63. The van der Waals surface area contributed by atoms with Gasteiger partial charge in [-0.15, -0.1) is 0 Å². The molecule has 0 aliphatic carbocycles. The van der Waals surface area contributed by atoms with Crippen molar-refractivity contribution in [3.8, 4) is 5.75 Å². The number of para-hydroxylation sites is 1. The van der Waals surface area contributed by atoms with Crippen LogP contribution in [0.2, 0.25) is 0 Å². The van der Waals surface area contributed by atoms with Crippen LogP contribution in [0.4, 0.5) is 17.1 Å². The number of hydrogen-bond acceptors (Lipinski definition) is 6. The first-order chi connectivity index (χ1) is 9.97. The fourth-order valence-corrected chi connectivity index (χ4v) is 2.66. The molecule has 2 aromatic rings. The number of methoxy groups -OCH3 is 1. The molecule has 0 saturated heterocycles. The van der Waals surface area contributed by atoms with E-state index in [4.69, 9.17) is 10.1 Å². The maximum absolute atomic E-state index is 11.5. The molecule has 0 fully saturated rings. The molecule has 0 aliphatic heterocycles. The van der Waals surface area contributed by atoms with Crippen LogP contribution in [0.15, 0.2) is 47.4 Å². The number of nitrogens with zero attached hydrogens (tertiary/aromatic N) is 2. The third-order valence-corrected chi connectivity index (χ3v) is 3.61. The Kier molecular flexibility index (Phi) is 4.07. The largest absolute Gasteiger partial charge is 0.744 e. The number of diazo groups is 1. The Morgan fingerprint density at radius 1 is 1.19 bits per heavy atom. The maximum Gasteiger partial charge on any atom is 0.427 e. The molecular weight excluding hydrogens is 294 g/mol. The molecule has 8 heteroatoms. The minimum atomic E-state index is -4.84. The standard InChI is InChI=1S/C13H11N3O4S/c1-20-12-10(16-14)7-8-11(13(12)21(17,18)19)15-9-5-3-2-4-6-9/h2-8,15H,1H3. The van der Waals surface area contributed by atoms with Crippen molar-refractivity contribution in [2.75, 3.05) is 12.4 Å². The van der Waals surface area contributed by atoms with E-state index >= 15 is 0 Å². The number of hydrogen-bond donors (Lipinski definition) is 1. The summed E-state index contributed by atoms with van der Waals surface area (Å²) in [5.74, 6) is -0.312. The van der Waals surface area contributed by atoms with Crippen LogP contribution in [-0.4, -0.2) is 20.1 Å². The lowest BCUT2D eigenvalue weighted by Crippen LogP contribution is -2.06. The summed E-state index contributed by atoms with van der Waals surface area (Å²) in [4.78, 5) is 2.30. The zero-order valence-corrected chi connectivity index (χ0v) is 11.8. The highest BCUT2D eigenvalue weighted by molar-refractivity contribution is 7.86. The van der Waals surface area contributed by atoms with Gasteiger partial charge in [-0.05, 0) is 18.2 Å². The molecular formula is C13H11N3O4S. The average molecular weight is 305 g/mol. The van der Waals surface area contributed by atoms with Crippen molar-refractivity contribution in [3.05, 3.63) is 47.4 Å². The molecule has 0 aliphatic rings. The van der Waals surface area contributed by atoms with Gasteiger partial charge in [-0.3, -0.25) is 0 Å². The van der Waals surface area contributed by atoms with Crippen LogP contribution in [0.5, 0.6) is 5.75 Å². The topological polar surface area (TPSA) is 107 Å². The predicted molar refractivity (Wildman–Crippen MR) is 75.4 cm³/mol. The van der Waals surface area contributed by atoms with Crippen molar-refractivity contribution in [1.82, 2.24) is 0 Å². The molecule has 2 aromatic carbocycles. The lowest BCUT2D eigenvalue weighted by molar-refractivity contribution is 0.398. The number of rotatable bonds is 4. The Morgan fingerprint density at radius 2 is 1.86 bits per heavy atom. The minimum absolute atomic E-state index is 0.0421. The molecule has 0 amide bonds. The number of ether oxygens (including phenoxy) is 1. The summed E-state index contributed by atoms with van der Waals surface area (Å²) in [7, 11) is -3.65. The van der Waals surface area contributed by atoms with Gasteiger partial charge in [0, 0.05) is 11.8 Å². The van der Waals surface area contributed by atoms with Gasteiger partial charge in [0.25, 0.3) is 0 Å². The monoisotopic (exact) mass is 305 g/mol. The summed E-state index contributed by atoms with van der Waals surface area (Å²) in [5, 5.41) is 11.7. The summed E-state index contributed by atoms with van der Waals surface area (Å²) >= 11 is 0. The highest BCUT2D eigenvalue weighted by atomic mass is 32.2. The van der Waals surface area contributed by atoms with E-state index in [2.05, 4.69) is 10.3 Å². The van der Waals surface area contributed by atoms with Crippen LogP contribution >= 0.6 is 0 Å². The van der Waals surface area contributed by atoms with Gasteiger partial charge in [-0.25, -0.2) is 8.42 Å². The molecule has 21 heavy (non-hydrogen) atoms. The van der Waals surface area contributed by atoms with Gasteiger partial charge in [0.05, 0.1) is 12.8 Å². The van der Waals surface area contributed by atoms with E-state index in [9.17, 15) is 13.0 Å². The summed E-state index contributed by atoms with van der Waals surface area (Å²) < 4.78 is 39.4. The Bertz CT molecular complexity index is 798. The van der Waals surface area contributed by atoms with E-state index in [1.807, 2.05) is 0 Å². The van der Waals surface area contributed by atoms with Crippen molar-refractivity contribution in [1.29, 1.82) is 5.39 Å². The Morgan fingerprint density at radius 3 is 2.38 bits per heavy atom. The molecule has 0 unspecified atom stereocenters. The van der Waals surface area contributed by atoms with Crippen LogP contribution in [0.25, 0.3) is 4.98 Å². The normalized spacial score (nSPS) is 10.7. The fraction of sp³-hybridized carbons (Fsp3) is 0.0769. The van der Waals surface area contributed by atoms with Gasteiger partial charge in [0.2, 0.25) is 11.1 Å². The molecule has 0 heterocycles. The van der Waals surface area contributed by atoms with Crippen molar-refractivity contribution in [2.45, 2.75) is 4.90 Å². The third kappa shape index (κ3) is 3.10. The summed E-state index contributed by atoms with van der Waals surface area (Å²) in [6.45, 7) is 0. The van der Waals surface area contributed by atoms with Crippen LogP contribution < -0.4 is 10.1 Å². The predicted octanol–water partition coefficient (Wildman–Crippen LogP) is 2.83. The van der Waals surface area contributed by atoms with E-state index < -0.39 is 15.0 Å². The van der Waals surface area contributed by atoms with Crippen LogP contribution in [0.1, 0.15) is 0 Å². The fourth-order valence-electron chi connectivity index (χ4n) is 1.85. The molecule has 0 atom stereocenters. The molecule has 0 bridgehead atoms. The van der Waals surface area contributed by atoms with Gasteiger partial charge in [0.15, 0.2) is 4.98 Å². The quantitative estimate of drug-likeness (QED) is 0.687. The maximum atomic E-state index is 11.5. The van der Waals surface area contributed by atoms with Crippen LogP contribution in [-0.2, 0) is 10.1 Å². The van der Waals surface area contributed by atoms with Crippen LogP contribution in [0, 0.1) is 5.39 Å². The van der Waals surface area contributed by atoms with Gasteiger partial charge >= 0.3 is 5.69 Å². The van der Waals surface area contributed by atoms with Crippen LogP contribution in [0.3, 0.4) is 0 Å². The first-order valence-electron chi connectivity index (χ1n) is 5.81. The summed E-state index contributed by atoms with van der Waals surface area (Å²) in [6, 6.07) is 11.4. The van der Waals surface area contributed by atoms with E-state index in [1.54, 1.807) is 30.3 Å². The number of nitrogens with one attached hydrogen (secondary N) is 1. The molecule has 0 spiro atoms. The molecule has 0 saturated carbocycles.